The first kappa shape index (κ1) is 21.7. The number of rotatable bonds is 4. The SMILES string of the molecule is Cc1ccc(NC(=O)C[C@@H]2CCC[C@H](n3c(=O)c4c(C)onc4c4c(Cl)cccc43)C2)cc1. The molecule has 2 atom stereocenters. The van der Waals surface area contributed by atoms with E-state index >= 15 is 0 Å². The van der Waals surface area contributed by atoms with Crippen molar-refractivity contribution in [2.45, 2.75) is 52.0 Å². The molecule has 0 unspecified atom stereocenters. The summed E-state index contributed by atoms with van der Waals surface area (Å²) < 4.78 is 7.22. The van der Waals surface area contributed by atoms with Crippen LogP contribution in [-0.4, -0.2) is 15.6 Å². The third kappa shape index (κ3) is 4.04. The molecule has 2 heterocycles. The number of carbonyl (C=O) groups is 1. The van der Waals surface area contributed by atoms with Gasteiger partial charge in [-0.3, -0.25) is 9.59 Å². The quantitative estimate of drug-likeness (QED) is 0.392. The second kappa shape index (κ2) is 8.67. The van der Waals surface area contributed by atoms with Gasteiger partial charge in [0.15, 0.2) is 0 Å². The molecule has 4 aromatic rings. The molecule has 2 aromatic heterocycles. The average Bonchev–Trinajstić information content (AvgIpc) is 3.17. The Balaban J connectivity index is 1.45. The second-order valence-corrected chi connectivity index (χ2v) is 9.48. The van der Waals surface area contributed by atoms with Crippen molar-refractivity contribution in [3.05, 3.63) is 69.2 Å². The lowest BCUT2D eigenvalue weighted by Gasteiger charge is -2.31. The molecule has 0 aliphatic heterocycles. The number of anilines is 1. The van der Waals surface area contributed by atoms with Crippen LogP contribution in [0.3, 0.4) is 0 Å². The summed E-state index contributed by atoms with van der Waals surface area (Å²) in [6.07, 6.45) is 4.01. The number of fused-ring (bicyclic) bond motifs is 3. The van der Waals surface area contributed by atoms with Crippen LogP contribution in [0.15, 0.2) is 51.8 Å². The maximum atomic E-state index is 13.6. The molecule has 170 valence electrons. The molecule has 1 aliphatic rings. The summed E-state index contributed by atoms with van der Waals surface area (Å²) in [6, 6.07) is 13.4. The van der Waals surface area contributed by atoms with Crippen LogP contribution in [-0.2, 0) is 4.79 Å². The number of aromatic nitrogens is 2. The standard InChI is InChI=1S/C26H26ClN3O3/c1-15-9-11-18(12-10-15)28-22(31)14-17-5-3-6-19(13-17)30-21-8-4-7-20(27)24(21)25-23(26(30)32)16(2)33-29-25/h4,7-12,17,19H,3,5-6,13-14H2,1-2H3,(H,28,31)/t17-,19+/m1/s1. The van der Waals surface area contributed by atoms with Gasteiger partial charge in [-0.2, -0.15) is 0 Å². The molecule has 33 heavy (non-hydrogen) atoms. The zero-order chi connectivity index (χ0) is 23.1. The molecule has 7 heteroatoms. The summed E-state index contributed by atoms with van der Waals surface area (Å²) in [7, 11) is 0. The van der Waals surface area contributed by atoms with Gasteiger partial charge in [0, 0.05) is 23.5 Å². The summed E-state index contributed by atoms with van der Waals surface area (Å²) in [5.74, 6) is 0.708. The van der Waals surface area contributed by atoms with Crippen LogP contribution >= 0.6 is 11.6 Å². The van der Waals surface area contributed by atoms with Gasteiger partial charge in [-0.15, -0.1) is 0 Å². The van der Waals surface area contributed by atoms with E-state index in [1.54, 1.807) is 13.0 Å². The Labute approximate surface area is 196 Å². The van der Waals surface area contributed by atoms with Gasteiger partial charge in [0.2, 0.25) is 5.91 Å². The van der Waals surface area contributed by atoms with Crippen LogP contribution in [0.2, 0.25) is 5.02 Å². The maximum Gasteiger partial charge on any atom is 0.264 e. The molecule has 6 nitrogen and oxygen atoms in total. The summed E-state index contributed by atoms with van der Waals surface area (Å²) >= 11 is 6.54. The third-order valence-corrected chi connectivity index (χ3v) is 7.03. The van der Waals surface area contributed by atoms with Crippen molar-refractivity contribution in [1.29, 1.82) is 0 Å². The maximum absolute atomic E-state index is 13.6. The lowest BCUT2D eigenvalue weighted by molar-refractivity contribution is -0.117. The van der Waals surface area contributed by atoms with Crippen molar-refractivity contribution in [1.82, 2.24) is 9.72 Å². The Bertz CT molecular complexity index is 1400. The highest BCUT2D eigenvalue weighted by atomic mass is 35.5. The van der Waals surface area contributed by atoms with Crippen molar-refractivity contribution >= 4 is 45.0 Å². The Hall–Kier alpha value is -3.12. The minimum atomic E-state index is -0.103. The molecule has 0 saturated heterocycles. The van der Waals surface area contributed by atoms with Crippen LogP contribution in [0, 0.1) is 19.8 Å². The van der Waals surface area contributed by atoms with Crippen LogP contribution in [0.25, 0.3) is 21.8 Å². The smallest absolute Gasteiger partial charge is 0.264 e. The number of halogens is 1. The fourth-order valence-electron chi connectivity index (χ4n) is 5.13. The van der Waals surface area contributed by atoms with Gasteiger partial charge in [-0.1, -0.05) is 46.9 Å². The van der Waals surface area contributed by atoms with Crippen molar-refractivity contribution in [3.8, 4) is 0 Å². The number of carbonyl (C=O) groups excluding carboxylic acids is 1. The van der Waals surface area contributed by atoms with Crippen LogP contribution in [0.4, 0.5) is 5.69 Å². The van der Waals surface area contributed by atoms with E-state index < -0.39 is 0 Å². The molecule has 1 aliphatic carbocycles. The highest BCUT2D eigenvalue weighted by molar-refractivity contribution is 6.37. The third-order valence-electron chi connectivity index (χ3n) is 6.71. The second-order valence-electron chi connectivity index (χ2n) is 9.08. The molecule has 1 amide bonds. The highest BCUT2D eigenvalue weighted by Gasteiger charge is 2.29. The van der Waals surface area contributed by atoms with Gasteiger partial charge in [0.25, 0.3) is 5.56 Å². The number of hydrogen-bond acceptors (Lipinski definition) is 4. The van der Waals surface area contributed by atoms with Crippen LogP contribution in [0.5, 0.6) is 0 Å². The first-order chi connectivity index (χ1) is 15.9. The molecule has 1 fully saturated rings. The number of nitrogens with one attached hydrogen (secondary N) is 1. The van der Waals surface area contributed by atoms with Crippen molar-refractivity contribution in [3.63, 3.8) is 0 Å². The zero-order valence-corrected chi connectivity index (χ0v) is 19.5. The minimum Gasteiger partial charge on any atom is -0.360 e. The number of hydrogen-bond donors (Lipinski definition) is 1. The number of pyridine rings is 1. The predicted octanol–water partition coefficient (Wildman–Crippen LogP) is 6.17. The van der Waals surface area contributed by atoms with E-state index in [1.807, 2.05) is 47.9 Å². The number of aryl methyl sites for hydroxylation is 2. The number of nitrogens with zero attached hydrogens (tertiary/aromatic N) is 2. The van der Waals surface area contributed by atoms with E-state index in [1.165, 1.54) is 0 Å². The Morgan fingerprint density at radius 3 is 2.73 bits per heavy atom. The van der Waals surface area contributed by atoms with Crippen molar-refractivity contribution in [2.75, 3.05) is 5.32 Å². The molecule has 1 saturated carbocycles. The van der Waals surface area contributed by atoms with Crippen LogP contribution in [0.1, 0.15) is 49.5 Å². The largest absolute Gasteiger partial charge is 0.360 e. The Morgan fingerprint density at radius 1 is 1.15 bits per heavy atom. The molecule has 0 bridgehead atoms. The molecule has 0 radical (unpaired) electrons. The van der Waals surface area contributed by atoms with Crippen molar-refractivity contribution in [2.24, 2.45) is 5.92 Å². The van der Waals surface area contributed by atoms with Gasteiger partial charge >= 0.3 is 0 Å². The van der Waals surface area contributed by atoms with Gasteiger partial charge in [0.05, 0.1) is 10.5 Å². The minimum absolute atomic E-state index is 0.00934. The van der Waals surface area contributed by atoms with E-state index in [2.05, 4.69) is 10.5 Å². The first-order valence-electron chi connectivity index (χ1n) is 11.4. The van der Waals surface area contributed by atoms with Crippen LogP contribution < -0.4 is 10.9 Å². The summed E-state index contributed by atoms with van der Waals surface area (Å²) in [4.78, 5) is 26.3. The topological polar surface area (TPSA) is 77.1 Å². The van der Waals surface area contributed by atoms with Gasteiger partial charge in [-0.05, 0) is 63.3 Å². The summed E-state index contributed by atoms with van der Waals surface area (Å²) in [5.41, 5.74) is 3.14. The zero-order valence-electron chi connectivity index (χ0n) is 18.7. The molecule has 0 spiro atoms. The van der Waals surface area contributed by atoms with E-state index in [9.17, 15) is 9.59 Å². The molecular weight excluding hydrogens is 438 g/mol. The summed E-state index contributed by atoms with van der Waals surface area (Å²) in [5, 5.41) is 8.90. The lowest BCUT2D eigenvalue weighted by atomic mass is 9.83. The fourth-order valence-corrected chi connectivity index (χ4v) is 5.39. The Kier molecular flexibility index (Phi) is 5.71. The Morgan fingerprint density at radius 2 is 1.94 bits per heavy atom. The van der Waals surface area contributed by atoms with E-state index in [-0.39, 0.29) is 23.4 Å². The van der Waals surface area contributed by atoms with Gasteiger partial charge in [-0.25, -0.2) is 0 Å². The molecule has 5 rings (SSSR count). The lowest BCUT2D eigenvalue weighted by Crippen LogP contribution is -2.30. The van der Waals surface area contributed by atoms with Gasteiger partial charge in [0.1, 0.15) is 16.7 Å². The number of benzene rings is 2. The molecule has 1 N–H and O–H groups in total. The summed E-state index contributed by atoms with van der Waals surface area (Å²) in [6.45, 7) is 3.77. The first-order valence-corrected chi connectivity index (χ1v) is 11.8. The molecular formula is C26H26ClN3O3. The predicted molar refractivity (Wildman–Crippen MR) is 131 cm³/mol. The fraction of sp³-hybridized carbons (Fsp3) is 0.346. The van der Waals surface area contributed by atoms with Crippen molar-refractivity contribution < 1.29 is 9.32 Å². The van der Waals surface area contributed by atoms with E-state index in [0.29, 0.717) is 28.1 Å². The van der Waals surface area contributed by atoms with Gasteiger partial charge < -0.3 is 14.4 Å². The molecule has 2 aromatic carbocycles. The van der Waals surface area contributed by atoms with E-state index in [0.717, 1.165) is 47.8 Å². The van der Waals surface area contributed by atoms with E-state index in [4.69, 9.17) is 16.1 Å². The monoisotopic (exact) mass is 463 g/mol. The normalized spacial score (nSPS) is 18.6. The number of amides is 1. The highest BCUT2D eigenvalue weighted by Crippen LogP contribution is 2.38. The average molecular weight is 464 g/mol.